The number of aryl methyl sites for hydroxylation is 2. The van der Waals surface area contributed by atoms with Crippen molar-refractivity contribution in [2.75, 3.05) is 6.61 Å². The average molecular weight is 418 g/mol. The molecule has 31 heavy (non-hydrogen) atoms. The molecule has 0 saturated heterocycles. The molecule has 2 aromatic heterocycles. The molecule has 0 saturated carbocycles. The van der Waals surface area contributed by atoms with Crippen LogP contribution >= 0.6 is 0 Å². The molecule has 6 heteroatoms. The molecule has 4 rings (SSSR count). The van der Waals surface area contributed by atoms with Gasteiger partial charge in [-0.3, -0.25) is 4.79 Å². The van der Waals surface area contributed by atoms with Gasteiger partial charge in [-0.2, -0.15) is 0 Å². The van der Waals surface area contributed by atoms with E-state index in [1.54, 1.807) is 43.3 Å². The molecule has 0 aliphatic carbocycles. The molecule has 0 radical (unpaired) electrons. The van der Waals surface area contributed by atoms with E-state index >= 15 is 0 Å². The van der Waals surface area contributed by atoms with Gasteiger partial charge in [0.15, 0.2) is 5.76 Å². The van der Waals surface area contributed by atoms with Crippen molar-refractivity contribution in [2.45, 2.75) is 27.4 Å². The molecular weight excluding hydrogens is 396 g/mol. The van der Waals surface area contributed by atoms with Crippen LogP contribution in [-0.2, 0) is 11.3 Å². The lowest BCUT2D eigenvalue weighted by Gasteiger charge is -2.12. The monoisotopic (exact) mass is 418 g/mol. The zero-order chi connectivity index (χ0) is 22.0. The van der Waals surface area contributed by atoms with Gasteiger partial charge in [0.2, 0.25) is 16.9 Å². The second kappa shape index (κ2) is 8.52. The zero-order valence-corrected chi connectivity index (χ0v) is 17.6. The Labute approximate surface area is 179 Å². The Hall–Kier alpha value is -3.80. The number of hydrogen-bond donors (Lipinski definition) is 0. The van der Waals surface area contributed by atoms with Crippen LogP contribution in [0.15, 0.2) is 68.4 Å². The maximum absolute atomic E-state index is 13.3. The van der Waals surface area contributed by atoms with Crippen LogP contribution in [0.2, 0.25) is 0 Å². The normalized spacial score (nSPS) is 10.9. The fourth-order valence-electron chi connectivity index (χ4n) is 3.24. The van der Waals surface area contributed by atoms with Gasteiger partial charge in [-0.1, -0.05) is 12.1 Å². The fraction of sp³-hybridized carbons (Fsp3) is 0.200. The molecule has 0 amide bonds. The van der Waals surface area contributed by atoms with Gasteiger partial charge in [-0.05, 0) is 73.9 Å². The molecule has 6 nitrogen and oxygen atoms in total. The molecule has 0 fully saturated rings. The Bertz CT molecular complexity index is 1280. The highest BCUT2D eigenvalue weighted by molar-refractivity contribution is 5.89. The number of benzene rings is 2. The number of fused-ring (bicyclic) bond motifs is 1. The summed E-state index contributed by atoms with van der Waals surface area (Å²) in [5.41, 5.74) is 3.47. The highest BCUT2D eigenvalue weighted by atomic mass is 16.5. The van der Waals surface area contributed by atoms with Crippen LogP contribution < -0.4 is 10.2 Å². The summed E-state index contributed by atoms with van der Waals surface area (Å²) in [7, 11) is 0. The van der Waals surface area contributed by atoms with Crippen LogP contribution in [0, 0.1) is 13.8 Å². The summed E-state index contributed by atoms with van der Waals surface area (Å²) in [6, 6.07) is 13.9. The Morgan fingerprint density at radius 3 is 2.45 bits per heavy atom. The zero-order valence-electron chi connectivity index (χ0n) is 17.6. The molecule has 0 aliphatic heterocycles. The van der Waals surface area contributed by atoms with Crippen LogP contribution in [0.5, 0.6) is 5.75 Å². The van der Waals surface area contributed by atoms with E-state index in [-0.39, 0.29) is 29.5 Å². The first-order chi connectivity index (χ1) is 15.0. The molecule has 0 atom stereocenters. The van der Waals surface area contributed by atoms with E-state index in [4.69, 9.17) is 18.3 Å². The van der Waals surface area contributed by atoms with Gasteiger partial charge in [0, 0.05) is 0 Å². The minimum absolute atomic E-state index is 0.0835. The first-order valence-corrected chi connectivity index (χ1v) is 9.98. The van der Waals surface area contributed by atoms with E-state index in [1.165, 1.54) is 6.26 Å². The van der Waals surface area contributed by atoms with E-state index in [2.05, 4.69) is 0 Å². The van der Waals surface area contributed by atoms with Crippen LogP contribution in [0.4, 0.5) is 0 Å². The van der Waals surface area contributed by atoms with Crippen LogP contribution in [-0.4, -0.2) is 12.6 Å². The Balaban J connectivity index is 1.70. The molecule has 0 aliphatic rings. The first-order valence-electron chi connectivity index (χ1n) is 9.98. The summed E-state index contributed by atoms with van der Waals surface area (Å²) in [6.45, 7) is 6.11. The van der Waals surface area contributed by atoms with E-state index in [9.17, 15) is 9.59 Å². The number of ether oxygens (including phenoxy) is 2. The molecule has 0 N–H and O–H groups in total. The van der Waals surface area contributed by atoms with E-state index in [0.717, 1.165) is 16.7 Å². The van der Waals surface area contributed by atoms with Crippen molar-refractivity contribution in [1.29, 1.82) is 0 Å². The third kappa shape index (κ3) is 4.10. The maximum Gasteiger partial charge on any atom is 0.338 e. The van der Waals surface area contributed by atoms with Gasteiger partial charge in [0.25, 0.3) is 0 Å². The molecule has 158 valence electrons. The lowest BCUT2D eigenvalue weighted by Crippen LogP contribution is -2.11. The van der Waals surface area contributed by atoms with E-state index in [1.807, 2.05) is 26.0 Å². The molecule has 0 bridgehead atoms. The molecule has 4 aromatic rings. The largest absolute Gasteiger partial charge is 0.481 e. The lowest BCUT2D eigenvalue weighted by atomic mass is 10.1. The first kappa shape index (κ1) is 20.5. The number of rotatable bonds is 6. The molecule has 2 aromatic carbocycles. The standard InChI is InChI=1S/C25H22O6/c1-4-28-25(27)18-9-7-17(8-10-18)14-30-24-22(26)19-12-15(2)16(3)13-21(19)31-23(24)20-6-5-11-29-20/h5-13H,4,14H2,1-3H3. The third-order valence-corrected chi connectivity index (χ3v) is 5.06. The van der Waals surface area contributed by atoms with Crippen molar-refractivity contribution >= 4 is 16.9 Å². The second-order valence-electron chi connectivity index (χ2n) is 7.21. The van der Waals surface area contributed by atoms with Gasteiger partial charge in [0.1, 0.15) is 12.2 Å². The third-order valence-electron chi connectivity index (χ3n) is 5.06. The molecule has 0 spiro atoms. The molecular formula is C25H22O6. The van der Waals surface area contributed by atoms with Crippen molar-refractivity contribution in [3.8, 4) is 17.3 Å². The van der Waals surface area contributed by atoms with Gasteiger partial charge in [-0.25, -0.2) is 4.79 Å². The van der Waals surface area contributed by atoms with Crippen LogP contribution in [0.1, 0.15) is 34.0 Å². The number of carbonyl (C=O) groups is 1. The van der Waals surface area contributed by atoms with Crippen LogP contribution in [0.3, 0.4) is 0 Å². The highest BCUT2D eigenvalue weighted by Gasteiger charge is 2.20. The van der Waals surface area contributed by atoms with E-state index < -0.39 is 0 Å². The van der Waals surface area contributed by atoms with Crippen LogP contribution in [0.25, 0.3) is 22.5 Å². The van der Waals surface area contributed by atoms with Gasteiger partial charge >= 0.3 is 5.97 Å². The predicted octanol–water partition coefficient (Wildman–Crippen LogP) is 5.43. The number of carbonyl (C=O) groups excluding carboxylic acids is 1. The minimum atomic E-state index is -0.379. The predicted molar refractivity (Wildman–Crippen MR) is 116 cm³/mol. The summed E-state index contributed by atoms with van der Waals surface area (Å²) in [4.78, 5) is 25.1. The summed E-state index contributed by atoms with van der Waals surface area (Å²) in [6.07, 6.45) is 1.51. The van der Waals surface area contributed by atoms with Gasteiger partial charge in [0.05, 0.1) is 23.8 Å². The SMILES string of the molecule is CCOC(=O)c1ccc(COc2c(-c3ccco3)oc3cc(C)c(C)cc3c2=O)cc1. The smallest absolute Gasteiger partial charge is 0.338 e. The Morgan fingerprint density at radius 2 is 1.77 bits per heavy atom. The summed E-state index contributed by atoms with van der Waals surface area (Å²) in [5, 5.41) is 0.450. The topological polar surface area (TPSA) is 78.9 Å². The average Bonchev–Trinajstić information content (AvgIpc) is 3.30. The quantitative estimate of drug-likeness (QED) is 0.389. The van der Waals surface area contributed by atoms with Crippen molar-refractivity contribution in [2.24, 2.45) is 0 Å². The van der Waals surface area contributed by atoms with Gasteiger partial charge in [-0.15, -0.1) is 0 Å². The van der Waals surface area contributed by atoms with Crippen molar-refractivity contribution in [1.82, 2.24) is 0 Å². The summed E-state index contributed by atoms with van der Waals surface area (Å²) >= 11 is 0. The number of furan rings is 1. The van der Waals surface area contributed by atoms with Crippen molar-refractivity contribution < 1.29 is 23.1 Å². The van der Waals surface area contributed by atoms with E-state index in [0.29, 0.717) is 28.9 Å². The number of esters is 1. The molecule has 2 heterocycles. The fourth-order valence-corrected chi connectivity index (χ4v) is 3.24. The number of hydrogen-bond acceptors (Lipinski definition) is 6. The molecule has 0 unspecified atom stereocenters. The van der Waals surface area contributed by atoms with Gasteiger partial charge < -0.3 is 18.3 Å². The summed E-state index contributed by atoms with van der Waals surface area (Å²) in [5.74, 6) is 0.356. The Morgan fingerprint density at radius 1 is 1.03 bits per heavy atom. The van der Waals surface area contributed by atoms with Crippen molar-refractivity contribution in [3.05, 3.63) is 87.3 Å². The summed E-state index contributed by atoms with van der Waals surface area (Å²) < 4.78 is 22.4. The lowest BCUT2D eigenvalue weighted by molar-refractivity contribution is 0.0526. The van der Waals surface area contributed by atoms with Crippen molar-refractivity contribution in [3.63, 3.8) is 0 Å². The Kier molecular flexibility index (Phi) is 5.62. The maximum atomic E-state index is 13.3. The minimum Gasteiger partial charge on any atom is -0.481 e. The second-order valence-corrected chi connectivity index (χ2v) is 7.21. The highest BCUT2D eigenvalue weighted by Crippen LogP contribution is 2.32.